The maximum atomic E-state index is 12.3. The van der Waals surface area contributed by atoms with E-state index in [0.29, 0.717) is 0 Å². The molecule has 5 nitrogen and oxygen atoms in total. The summed E-state index contributed by atoms with van der Waals surface area (Å²) >= 11 is 0. The van der Waals surface area contributed by atoms with Gasteiger partial charge in [-0.3, -0.25) is 9.69 Å². The smallest absolute Gasteiger partial charge is 0.246 e. The van der Waals surface area contributed by atoms with Gasteiger partial charge in [-0.15, -0.1) is 0 Å². The van der Waals surface area contributed by atoms with E-state index in [4.69, 9.17) is 0 Å². The van der Waals surface area contributed by atoms with Crippen molar-refractivity contribution in [3.8, 4) is 0 Å². The quantitative estimate of drug-likeness (QED) is 0.791. The van der Waals surface area contributed by atoms with Crippen LogP contribution in [0.5, 0.6) is 0 Å². The Morgan fingerprint density at radius 3 is 2.54 bits per heavy atom. The molecule has 0 atom stereocenters. The lowest BCUT2D eigenvalue weighted by atomic mass is 10.2. The van der Waals surface area contributed by atoms with E-state index in [1.54, 1.807) is 6.08 Å². The number of hydrogen-bond donors (Lipinski definition) is 0. The largest absolute Gasteiger partial charge is 0.337 e. The van der Waals surface area contributed by atoms with Crippen LogP contribution in [-0.2, 0) is 11.3 Å². The third-order valence-electron chi connectivity index (χ3n) is 4.48. The topological polar surface area (TPSA) is 41.4 Å². The zero-order chi connectivity index (χ0) is 16.8. The molecule has 126 valence electrons. The summed E-state index contributed by atoms with van der Waals surface area (Å²) in [7, 11) is 0. The van der Waals surface area contributed by atoms with Crippen molar-refractivity contribution in [2.24, 2.45) is 0 Å². The Labute approximate surface area is 143 Å². The first-order valence-corrected chi connectivity index (χ1v) is 8.44. The highest BCUT2D eigenvalue weighted by Crippen LogP contribution is 2.06. The van der Waals surface area contributed by atoms with Gasteiger partial charge < -0.3 is 9.47 Å². The molecule has 1 aromatic carbocycles. The van der Waals surface area contributed by atoms with Crippen LogP contribution in [-0.4, -0.2) is 58.0 Å². The van der Waals surface area contributed by atoms with Crippen molar-refractivity contribution in [1.29, 1.82) is 0 Å². The first-order valence-electron chi connectivity index (χ1n) is 8.44. The van der Waals surface area contributed by atoms with Gasteiger partial charge in [0.05, 0.1) is 0 Å². The number of aromatic nitrogens is 2. The van der Waals surface area contributed by atoms with Crippen LogP contribution in [0.25, 0.3) is 6.08 Å². The lowest BCUT2D eigenvalue weighted by Crippen LogP contribution is -2.48. The van der Waals surface area contributed by atoms with Crippen molar-refractivity contribution in [1.82, 2.24) is 19.4 Å². The van der Waals surface area contributed by atoms with Crippen LogP contribution in [0.1, 0.15) is 11.4 Å². The highest BCUT2D eigenvalue weighted by Gasteiger charge is 2.19. The van der Waals surface area contributed by atoms with Gasteiger partial charge >= 0.3 is 0 Å². The first-order chi connectivity index (χ1) is 11.7. The van der Waals surface area contributed by atoms with Crippen LogP contribution in [0.2, 0.25) is 0 Å². The van der Waals surface area contributed by atoms with Crippen LogP contribution >= 0.6 is 0 Å². The highest BCUT2D eigenvalue weighted by molar-refractivity contribution is 5.91. The molecule has 1 aromatic heterocycles. The van der Waals surface area contributed by atoms with E-state index >= 15 is 0 Å². The molecule has 0 aliphatic carbocycles. The van der Waals surface area contributed by atoms with Crippen LogP contribution in [0, 0.1) is 6.92 Å². The molecule has 0 bridgehead atoms. The lowest BCUT2D eigenvalue weighted by Gasteiger charge is -2.34. The predicted molar refractivity (Wildman–Crippen MR) is 95.5 cm³/mol. The number of imidazole rings is 1. The Morgan fingerprint density at radius 2 is 1.88 bits per heavy atom. The zero-order valence-corrected chi connectivity index (χ0v) is 14.1. The Kier molecular flexibility index (Phi) is 5.43. The Bertz CT molecular complexity index is 684. The van der Waals surface area contributed by atoms with Gasteiger partial charge in [0.2, 0.25) is 5.91 Å². The molecule has 1 aliphatic heterocycles. The van der Waals surface area contributed by atoms with Crippen molar-refractivity contribution in [3.63, 3.8) is 0 Å². The standard InChI is InChI=1S/C19H24N4O/c1-17-20-9-10-22(17)14-11-21-12-15-23(16-13-21)19(24)8-7-18-5-3-2-4-6-18/h2-10H,11-16H2,1H3/b8-7+. The molecule has 0 radical (unpaired) electrons. The fraction of sp³-hybridized carbons (Fsp3) is 0.368. The second-order valence-electron chi connectivity index (χ2n) is 6.08. The van der Waals surface area contributed by atoms with Crippen molar-refractivity contribution in [2.75, 3.05) is 32.7 Å². The number of carbonyl (C=O) groups is 1. The molecule has 0 spiro atoms. The number of amides is 1. The molecule has 1 fully saturated rings. The van der Waals surface area contributed by atoms with Gasteiger partial charge in [-0.05, 0) is 18.6 Å². The maximum absolute atomic E-state index is 12.3. The minimum atomic E-state index is 0.101. The molecule has 3 rings (SSSR count). The second-order valence-corrected chi connectivity index (χ2v) is 6.08. The minimum absolute atomic E-state index is 0.101. The average molecular weight is 324 g/mol. The van der Waals surface area contributed by atoms with Crippen LogP contribution in [0.15, 0.2) is 48.8 Å². The number of hydrogen-bond acceptors (Lipinski definition) is 3. The number of nitrogens with zero attached hydrogens (tertiary/aromatic N) is 4. The molecule has 2 heterocycles. The monoisotopic (exact) mass is 324 g/mol. The number of aryl methyl sites for hydroxylation is 1. The van der Waals surface area contributed by atoms with Crippen molar-refractivity contribution < 1.29 is 4.79 Å². The molecular weight excluding hydrogens is 300 g/mol. The molecule has 1 aliphatic rings. The summed E-state index contributed by atoms with van der Waals surface area (Å²) in [5, 5.41) is 0. The van der Waals surface area contributed by atoms with E-state index in [1.807, 2.05) is 60.6 Å². The second kappa shape index (κ2) is 7.93. The van der Waals surface area contributed by atoms with Crippen molar-refractivity contribution in [3.05, 3.63) is 60.2 Å². The van der Waals surface area contributed by atoms with E-state index in [2.05, 4.69) is 14.5 Å². The van der Waals surface area contributed by atoms with Gasteiger partial charge in [0.15, 0.2) is 0 Å². The van der Waals surface area contributed by atoms with E-state index < -0.39 is 0 Å². The molecule has 24 heavy (non-hydrogen) atoms. The van der Waals surface area contributed by atoms with E-state index in [9.17, 15) is 4.79 Å². The van der Waals surface area contributed by atoms with Gasteiger partial charge in [-0.25, -0.2) is 4.98 Å². The number of carbonyl (C=O) groups excluding carboxylic acids is 1. The van der Waals surface area contributed by atoms with Crippen LogP contribution in [0.3, 0.4) is 0 Å². The van der Waals surface area contributed by atoms with Gasteiger partial charge in [-0.2, -0.15) is 0 Å². The zero-order valence-electron chi connectivity index (χ0n) is 14.1. The molecule has 0 N–H and O–H groups in total. The molecule has 5 heteroatoms. The number of rotatable bonds is 5. The van der Waals surface area contributed by atoms with Crippen LogP contribution < -0.4 is 0 Å². The third kappa shape index (κ3) is 4.32. The fourth-order valence-electron chi connectivity index (χ4n) is 2.92. The number of piperazine rings is 1. The molecule has 0 saturated carbocycles. The fourth-order valence-corrected chi connectivity index (χ4v) is 2.92. The molecular formula is C19H24N4O. The number of benzene rings is 1. The summed E-state index contributed by atoms with van der Waals surface area (Å²) in [6.07, 6.45) is 7.42. The average Bonchev–Trinajstić information content (AvgIpc) is 3.04. The first kappa shape index (κ1) is 16.5. The van der Waals surface area contributed by atoms with Gasteiger partial charge in [0.1, 0.15) is 5.82 Å². The summed E-state index contributed by atoms with van der Waals surface area (Å²) in [5.41, 5.74) is 1.06. The molecule has 1 saturated heterocycles. The van der Waals surface area contributed by atoms with E-state index in [0.717, 1.165) is 50.7 Å². The van der Waals surface area contributed by atoms with Gasteiger partial charge in [0, 0.05) is 57.7 Å². The van der Waals surface area contributed by atoms with Crippen LogP contribution in [0.4, 0.5) is 0 Å². The summed E-state index contributed by atoms with van der Waals surface area (Å²) in [6.45, 7) is 7.42. The summed E-state index contributed by atoms with van der Waals surface area (Å²) in [5.74, 6) is 1.15. The third-order valence-corrected chi connectivity index (χ3v) is 4.48. The lowest BCUT2D eigenvalue weighted by molar-refractivity contribution is -0.127. The summed E-state index contributed by atoms with van der Waals surface area (Å²) < 4.78 is 2.17. The maximum Gasteiger partial charge on any atom is 0.246 e. The van der Waals surface area contributed by atoms with Crippen molar-refractivity contribution >= 4 is 12.0 Å². The van der Waals surface area contributed by atoms with Gasteiger partial charge in [0.25, 0.3) is 0 Å². The summed E-state index contributed by atoms with van der Waals surface area (Å²) in [6, 6.07) is 9.93. The minimum Gasteiger partial charge on any atom is -0.337 e. The normalized spacial score (nSPS) is 16.0. The highest BCUT2D eigenvalue weighted by atomic mass is 16.2. The SMILES string of the molecule is Cc1nccn1CCN1CCN(C(=O)/C=C/c2ccccc2)CC1. The molecule has 2 aromatic rings. The van der Waals surface area contributed by atoms with Gasteiger partial charge in [-0.1, -0.05) is 30.3 Å². The van der Waals surface area contributed by atoms with Crippen molar-refractivity contribution in [2.45, 2.75) is 13.5 Å². The Morgan fingerprint density at radius 1 is 1.12 bits per heavy atom. The van der Waals surface area contributed by atoms with E-state index in [-0.39, 0.29) is 5.91 Å². The Balaban J connectivity index is 1.44. The predicted octanol–water partition coefficient (Wildman–Crippen LogP) is 2.05. The summed E-state index contributed by atoms with van der Waals surface area (Å²) in [4.78, 5) is 20.9. The molecule has 1 amide bonds. The molecule has 0 unspecified atom stereocenters. The Hall–Kier alpha value is -2.40. The van der Waals surface area contributed by atoms with E-state index in [1.165, 1.54) is 0 Å².